The summed E-state index contributed by atoms with van der Waals surface area (Å²) in [6, 6.07) is 9.22. The molecule has 2 aromatic carbocycles. The number of amides is 2. The van der Waals surface area contributed by atoms with Gasteiger partial charge in [0.05, 0.1) is 7.11 Å². The predicted molar refractivity (Wildman–Crippen MR) is 121 cm³/mol. The van der Waals surface area contributed by atoms with Gasteiger partial charge in [-0.15, -0.1) is 13.2 Å². The normalized spacial score (nSPS) is 19.6. The standard InChI is InChI=1S/C24H24F3N5O4/c1-35-18-6-14(7-19(9-18)36-24(25,26)27)2-5-22(33)31-10-16-12-32(13-17(16)11-31)23(34)15-3-4-20-21(8-15)29-30-28-20/h3-4,6-9,16-17H,2,5,10-13H2,1H3,(H,28,29,30)/t16-,17-/m0/s1. The van der Waals surface area contributed by atoms with Gasteiger partial charge >= 0.3 is 6.36 Å². The Kier molecular flexibility index (Phi) is 6.19. The fourth-order valence-electron chi connectivity index (χ4n) is 5.01. The highest BCUT2D eigenvalue weighted by Gasteiger charge is 2.43. The average molecular weight is 503 g/mol. The van der Waals surface area contributed by atoms with E-state index >= 15 is 0 Å². The molecule has 0 unspecified atom stereocenters. The summed E-state index contributed by atoms with van der Waals surface area (Å²) in [6.07, 6.45) is -4.41. The average Bonchev–Trinajstić information content (AvgIpc) is 3.55. The lowest BCUT2D eigenvalue weighted by atomic mass is 10.0. The molecule has 0 radical (unpaired) electrons. The van der Waals surface area contributed by atoms with Crippen LogP contribution in [0.3, 0.4) is 0 Å². The molecule has 3 aromatic rings. The van der Waals surface area contributed by atoms with E-state index in [1.807, 2.05) is 4.90 Å². The second-order valence-corrected chi connectivity index (χ2v) is 9.12. The molecule has 2 atom stereocenters. The SMILES string of the molecule is COc1cc(CCC(=O)N2C[C@H]3CN(C(=O)c4ccc5n[nH]nc5c4)C[C@@H]3C2)cc(OC(F)(F)F)c1. The molecule has 0 aliphatic carbocycles. The first-order chi connectivity index (χ1) is 17.2. The van der Waals surface area contributed by atoms with Gasteiger partial charge in [-0.3, -0.25) is 9.59 Å². The van der Waals surface area contributed by atoms with Crippen molar-refractivity contribution in [2.75, 3.05) is 33.3 Å². The Bertz CT molecular complexity index is 1280. The van der Waals surface area contributed by atoms with Crippen molar-refractivity contribution in [1.29, 1.82) is 0 Å². The van der Waals surface area contributed by atoms with Crippen molar-refractivity contribution in [3.8, 4) is 11.5 Å². The van der Waals surface area contributed by atoms with Gasteiger partial charge in [0.2, 0.25) is 5.91 Å². The first-order valence-electron chi connectivity index (χ1n) is 11.5. The quantitative estimate of drug-likeness (QED) is 0.555. The largest absolute Gasteiger partial charge is 0.573 e. The van der Waals surface area contributed by atoms with Crippen LogP contribution in [0.15, 0.2) is 36.4 Å². The van der Waals surface area contributed by atoms with E-state index in [4.69, 9.17) is 4.74 Å². The van der Waals surface area contributed by atoms with E-state index in [2.05, 4.69) is 20.1 Å². The van der Waals surface area contributed by atoms with Crippen LogP contribution in [0.1, 0.15) is 22.3 Å². The van der Waals surface area contributed by atoms with Crippen molar-refractivity contribution in [2.45, 2.75) is 19.2 Å². The topological polar surface area (TPSA) is 101 Å². The van der Waals surface area contributed by atoms with Gasteiger partial charge in [0, 0.05) is 56.1 Å². The lowest BCUT2D eigenvalue weighted by molar-refractivity contribution is -0.274. The first kappa shape index (κ1) is 23.9. The Morgan fingerprint density at radius 3 is 2.33 bits per heavy atom. The van der Waals surface area contributed by atoms with Crippen LogP contribution >= 0.6 is 0 Å². The third-order valence-electron chi connectivity index (χ3n) is 6.73. The summed E-state index contributed by atoms with van der Waals surface area (Å²) in [5.41, 5.74) is 2.39. The Morgan fingerprint density at radius 1 is 0.972 bits per heavy atom. The maximum Gasteiger partial charge on any atom is 0.573 e. The van der Waals surface area contributed by atoms with Crippen LogP contribution in [0.2, 0.25) is 0 Å². The number of halogens is 3. The molecule has 1 N–H and O–H groups in total. The van der Waals surface area contributed by atoms with E-state index < -0.39 is 6.36 Å². The van der Waals surface area contributed by atoms with Gasteiger partial charge in [-0.2, -0.15) is 15.4 Å². The number of benzene rings is 2. The molecule has 0 saturated carbocycles. The number of aromatic nitrogens is 3. The summed E-state index contributed by atoms with van der Waals surface area (Å²) in [7, 11) is 1.35. The summed E-state index contributed by atoms with van der Waals surface area (Å²) in [5.74, 6) is 0.0892. The number of fused-ring (bicyclic) bond motifs is 2. The minimum atomic E-state index is -4.81. The van der Waals surface area contributed by atoms with Crippen LogP contribution in [0.25, 0.3) is 11.0 Å². The number of hydrogen-bond donors (Lipinski definition) is 1. The Labute approximate surface area is 204 Å². The maximum absolute atomic E-state index is 13.0. The van der Waals surface area contributed by atoms with Gasteiger partial charge in [-0.1, -0.05) is 0 Å². The molecule has 2 saturated heterocycles. The Hall–Kier alpha value is -3.83. The fourth-order valence-corrected chi connectivity index (χ4v) is 5.01. The molecule has 5 rings (SSSR count). The number of aromatic amines is 1. The number of carbonyl (C=O) groups is 2. The molecule has 2 aliphatic heterocycles. The Morgan fingerprint density at radius 2 is 1.64 bits per heavy atom. The van der Waals surface area contributed by atoms with Crippen molar-refractivity contribution in [1.82, 2.24) is 25.2 Å². The number of rotatable bonds is 6. The minimum Gasteiger partial charge on any atom is -0.497 e. The Balaban J connectivity index is 1.15. The zero-order chi connectivity index (χ0) is 25.4. The number of methoxy groups -OCH3 is 1. The number of carbonyl (C=O) groups excluding carboxylic acids is 2. The van der Waals surface area contributed by atoms with Crippen LogP contribution in [0.5, 0.6) is 11.5 Å². The maximum atomic E-state index is 13.0. The van der Waals surface area contributed by atoms with Crippen molar-refractivity contribution < 1.29 is 32.2 Å². The summed E-state index contributed by atoms with van der Waals surface area (Å²) >= 11 is 0. The van der Waals surface area contributed by atoms with Crippen LogP contribution in [0.4, 0.5) is 13.2 Å². The van der Waals surface area contributed by atoms with Gasteiger partial charge in [0.1, 0.15) is 22.5 Å². The third kappa shape index (κ3) is 5.07. The highest BCUT2D eigenvalue weighted by Crippen LogP contribution is 2.33. The van der Waals surface area contributed by atoms with Gasteiger partial charge in [-0.25, -0.2) is 0 Å². The highest BCUT2D eigenvalue weighted by molar-refractivity contribution is 5.97. The molecule has 12 heteroatoms. The smallest absolute Gasteiger partial charge is 0.497 e. The molecule has 1 aromatic heterocycles. The van der Waals surface area contributed by atoms with Crippen molar-refractivity contribution in [3.05, 3.63) is 47.5 Å². The molecule has 0 spiro atoms. The molecular formula is C24H24F3N5O4. The molecule has 3 heterocycles. The van der Waals surface area contributed by atoms with Gasteiger partial charge in [0.25, 0.3) is 5.91 Å². The number of hydrogen-bond acceptors (Lipinski definition) is 6. The van der Waals surface area contributed by atoms with Gasteiger partial charge in [0.15, 0.2) is 0 Å². The van der Waals surface area contributed by atoms with E-state index in [1.165, 1.54) is 13.2 Å². The van der Waals surface area contributed by atoms with Crippen LogP contribution in [-0.4, -0.2) is 76.7 Å². The summed E-state index contributed by atoms with van der Waals surface area (Å²) in [5, 5.41) is 10.6. The van der Waals surface area contributed by atoms with E-state index in [-0.39, 0.29) is 48.0 Å². The predicted octanol–water partition coefficient (Wildman–Crippen LogP) is 3.03. The molecule has 0 bridgehead atoms. The number of ether oxygens (including phenoxy) is 2. The second-order valence-electron chi connectivity index (χ2n) is 9.12. The zero-order valence-electron chi connectivity index (χ0n) is 19.4. The van der Waals surface area contributed by atoms with E-state index in [0.29, 0.717) is 48.3 Å². The van der Waals surface area contributed by atoms with Crippen molar-refractivity contribution in [2.24, 2.45) is 11.8 Å². The summed E-state index contributed by atoms with van der Waals surface area (Å²) in [6.45, 7) is 2.24. The lowest BCUT2D eigenvalue weighted by Gasteiger charge is -2.22. The number of nitrogens with one attached hydrogen (secondary N) is 1. The number of likely N-dealkylation sites (tertiary alicyclic amines) is 2. The fraction of sp³-hybridized carbons (Fsp3) is 0.417. The molecule has 2 fully saturated rings. The number of H-pyrrole nitrogens is 1. The zero-order valence-corrected chi connectivity index (χ0v) is 19.4. The van der Waals surface area contributed by atoms with Crippen LogP contribution in [0, 0.1) is 11.8 Å². The van der Waals surface area contributed by atoms with E-state index in [9.17, 15) is 22.8 Å². The van der Waals surface area contributed by atoms with E-state index in [0.717, 1.165) is 6.07 Å². The highest BCUT2D eigenvalue weighted by atomic mass is 19.4. The first-order valence-corrected chi connectivity index (χ1v) is 11.5. The third-order valence-corrected chi connectivity index (χ3v) is 6.73. The van der Waals surface area contributed by atoms with Gasteiger partial charge in [-0.05, 0) is 42.3 Å². The molecule has 36 heavy (non-hydrogen) atoms. The van der Waals surface area contributed by atoms with E-state index in [1.54, 1.807) is 29.2 Å². The van der Waals surface area contributed by atoms with Crippen molar-refractivity contribution >= 4 is 22.8 Å². The molecular weight excluding hydrogens is 479 g/mol. The monoisotopic (exact) mass is 503 g/mol. The summed E-state index contributed by atoms with van der Waals surface area (Å²) < 4.78 is 46.9. The van der Waals surface area contributed by atoms with Crippen LogP contribution < -0.4 is 9.47 Å². The molecule has 2 amide bonds. The van der Waals surface area contributed by atoms with Crippen LogP contribution in [-0.2, 0) is 11.2 Å². The summed E-state index contributed by atoms with van der Waals surface area (Å²) in [4.78, 5) is 29.4. The number of nitrogens with zero attached hydrogens (tertiary/aromatic N) is 4. The lowest BCUT2D eigenvalue weighted by Crippen LogP contribution is -2.35. The molecule has 190 valence electrons. The number of alkyl halides is 3. The second kappa shape index (κ2) is 9.32. The minimum absolute atomic E-state index is 0.0675. The molecule has 2 aliphatic rings. The van der Waals surface area contributed by atoms with Gasteiger partial charge < -0.3 is 19.3 Å². The molecule has 9 nitrogen and oxygen atoms in total. The number of aryl methyl sites for hydroxylation is 1. The van der Waals surface area contributed by atoms with Crippen molar-refractivity contribution in [3.63, 3.8) is 0 Å².